The number of rotatable bonds is 4. The maximum Gasteiger partial charge on any atom is 0.306 e. The van der Waals surface area contributed by atoms with Crippen LogP contribution in [0.4, 0.5) is 0 Å². The number of fused-ring (bicyclic) bond motifs is 1. The van der Waals surface area contributed by atoms with Gasteiger partial charge in [0.05, 0.1) is 17.0 Å². The second kappa shape index (κ2) is 4.68. The fourth-order valence-corrected chi connectivity index (χ4v) is 3.01. The third kappa shape index (κ3) is 2.01. The van der Waals surface area contributed by atoms with E-state index in [1.54, 1.807) is 0 Å². The van der Waals surface area contributed by atoms with Crippen molar-refractivity contribution in [2.45, 2.75) is 32.7 Å². The molecule has 19 heavy (non-hydrogen) atoms. The Morgan fingerprint density at radius 2 is 2.21 bits per heavy atom. The van der Waals surface area contributed by atoms with E-state index >= 15 is 0 Å². The molecule has 0 bridgehead atoms. The molecule has 1 aromatic carbocycles. The van der Waals surface area contributed by atoms with Crippen LogP contribution in [-0.2, 0) is 17.8 Å². The second-order valence-corrected chi connectivity index (χ2v) is 5.25. The zero-order valence-electron chi connectivity index (χ0n) is 11.0. The van der Waals surface area contributed by atoms with Gasteiger partial charge < -0.3 is 9.67 Å². The number of carbonyl (C=O) groups is 1. The summed E-state index contributed by atoms with van der Waals surface area (Å²) < 4.78 is 2.20. The maximum atomic E-state index is 11.1. The highest BCUT2D eigenvalue weighted by atomic mass is 16.4. The maximum absolute atomic E-state index is 11.1. The third-order valence-electron chi connectivity index (χ3n) is 4.23. The SMILES string of the molecule is CCn1c(CC2CCC2C(=O)O)nc2ccccc21. The predicted octanol–water partition coefficient (Wildman–Crippen LogP) is 2.71. The molecule has 2 unspecified atom stereocenters. The number of hydrogen-bond donors (Lipinski definition) is 1. The van der Waals surface area contributed by atoms with Crippen LogP contribution in [0.5, 0.6) is 0 Å². The van der Waals surface area contributed by atoms with E-state index in [4.69, 9.17) is 5.11 Å². The summed E-state index contributed by atoms with van der Waals surface area (Å²) in [6, 6.07) is 8.09. The molecule has 0 spiro atoms. The number of aryl methyl sites for hydroxylation is 1. The molecular formula is C15H18N2O2. The number of benzene rings is 1. The van der Waals surface area contributed by atoms with Gasteiger partial charge in [-0.05, 0) is 37.8 Å². The van der Waals surface area contributed by atoms with Crippen molar-refractivity contribution in [3.63, 3.8) is 0 Å². The summed E-state index contributed by atoms with van der Waals surface area (Å²) in [5.41, 5.74) is 2.15. The van der Waals surface area contributed by atoms with Gasteiger partial charge in [0.2, 0.25) is 0 Å². The summed E-state index contributed by atoms with van der Waals surface area (Å²) in [5.74, 6) is 0.444. The lowest BCUT2D eigenvalue weighted by Gasteiger charge is -2.33. The first-order valence-corrected chi connectivity index (χ1v) is 6.87. The van der Waals surface area contributed by atoms with E-state index in [1.807, 2.05) is 18.2 Å². The summed E-state index contributed by atoms with van der Waals surface area (Å²) >= 11 is 0. The Balaban J connectivity index is 1.90. The van der Waals surface area contributed by atoms with Crippen LogP contribution in [0.25, 0.3) is 11.0 Å². The smallest absolute Gasteiger partial charge is 0.306 e. The van der Waals surface area contributed by atoms with Gasteiger partial charge in [0.15, 0.2) is 0 Å². The lowest BCUT2D eigenvalue weighted by molar-refractivity contribution is -0.147. The molecule has 2 atom stereocenters. The summed E-state index contributed by atoms with van der Waals surface area (Å²) in [7, 11) is 0. The third-order valence-corrected chi connectivity index (χ3v) is 4.23. The van der Waals surface area contributed by atoms with Crippen LogP contribution < -0.4 is 0 Å². The average Bonchev–Trinajstić information content (AvgIpc) is 2.71. The van der Waals surface area contributed by atoms with Gasteiger partial charge >= 0.3 is 5.97 Å². The molecular weight excluding hydrogens is 240 g/mol. The highest BCUT2D eigenvalue weighted by Crippen LogP contribution is 2.37. The van der Waals surface area contributed by atoms with Crippen molar-refractivity contribution in [2.24, 2.45) is 11.8 Å². The molecule has 1 aliphatic rings. The van der Waals surface area contributed by atoms with Gasteiger partial charge in [-0.2, -0.15) is 0 Å². The van der Waals surface area contributed by atoms with Crippen LogP contribution in [0, 0.1) is 11.8 Å². The van der Waals surface area contributed by atoms with Crippen molar-refractivity contribution in [1.82, 2.24) is 9.55 Å². The zero-order chi connectivity index (χ0) is 13.4. The fraction of sp³-hybridized carbons (Fsp3) is 0.467. The monoisotopic (exact) mass is 258 g/mol. The molecule has 4 heteroatoms. The first-order valence-electron chi connectivity index (χ1n) is 6.87. The Morgan fingerprint density at radius 3 is 2.84 bits per heavy atom. The molecule has 0 saturated heterocycles. The van der Waals surface area contributed by atoms with Gasteiger partial charge in [0.1, 0.15) is 5.82 Å². The van der Waals surface area contributed by atoms with Crippen LogP contribution in [0.3, 0.4) is 0 Å². The minimum Gasteiger partial charge on any atom is -0.481 e. The molecule has 1 N–H and O–H groups in total. The van der Waals surface area contributed by atoms with Gasteiger partial charge in [-0.15, -0.1) is 0 Å². The number of aromatic nitrogens is 2. The predicted molar refractivity (Wildman–Crippen MR) is 73.0 cm³/mol. The molecule has 100 valence electrons. The lowest BCUT2D eigenvalue weighted by Crippen LogP contribution is -2.34. The molecule has 1 saturated carbocycles. The largest absolute Gasteiger partial charge is 0.481 e. The Kier molecular flexibility index (Phi) is 3.01. The summed E-state index contributed by atoms with van der Waals surface area (Å²) in [4.78, 5) is 15.8. The van der Waals surface area contributed by atoms with Crippen LogP contribution >= 0.6 is 0 Å². The molecule has 1 fully saturated rings. The Morgan fingerprint density at radius 1 is 1.42 bits per heavy atom. The van der Waals surface area contributed by atoms with E-state index in [0.29, 0.717) is 0 Å². The molecule has 1 aromatic heterocycles. The number of imidazole rings is 1. The highest BCUT2D eigenvalue weighted by molar-refractivity contribution is 5.76. The van der Waals surface area contributed by atoms with Crippen LogP contribution in [0.15, 0.2) is 24.3 Å². The minimum absolute atomic E-state index is 0.176. The number of hydrogen-bond acceptors (Lipinski definition) is 2. The van der Waals surface area contributed by atoms with E-state index in [9.17, 15) is 4.79 Å². The van der Waals surface area contributed by atoms with E-state index in [0.717, 1.165) is 42.7 Å². The van der Waals surface area contributed by atoms with E-state index in [-0.39, 0.29) is 11.8 Å². The molecule has 0 amide bonds. The van der Waals surface area contributed by atoms with Crippen molar-refractivity contribution in [3.8, 4) is 0 Å². The van der Waals surface area contributed by atoms with Crippen molar-refractivity contribution < 1.29 is 9.90 Å². The average molecular weight is 258 g/mol. The molecule has 1 aliphatic carbocycles. The quantitative estimate of drug-likeness (QED) is 0.917. The Bertz CT molecular complexity index is 618. The van der Waals surface area contributed by atoms with E-state index in [1.165, 1.54) is 0 Å². The number of nitrogens with zero attached hydrogens (tertiary/aromatic N) is 2. The van der Waals surface area contributed by atoms with E-state index < -0.39 is 5.97 Å². The lowest BCUT2D eigenvalue weighted by atomic mass is 9.72. The van der Waals surface area contributed by atoms with Gasteiger partial charge in [0.25, 0.3) is 0 Å². The highest BCUT2D eigenvalue weighted by Gasteiger charge is 2.37. The van der Waals surface area contributed by atoms with E-state index in [2.05, 4.69) is 22.5 Å². The van der Waals surface area contributed by atoms with Crippen LogP contribution in [-0.4, -0.2) is 20.6 Å². The normalized spacial score (nSPS) is 22.4. The molecule has 2 aromatic rings. The summed E-state index contributed by atoms with van der Waals surface area (Å²) in [6.45, 7) is 2.98. The molecule has 1 heterocycles. The summed E-state index contributed by atoms with van der Waals surface area (Å²) in [5, 5.41) is 9.12. The molecule has 4 nitrogen and oxygen atoms in total. The molecule has 3 rings (SSSR count). The number of carboxylic acid groups (broad SMARTS) is 1. The van der Waals surface area contributed by atoms with Gasteiger partial charge in [-0.25, -0.2) is 4.98 Å². The standard InChI is InChI=1S/C15H18N2O2/c1-2-17-13-6-4-3-5-12(13)16-14(17)9-10-7-8-11(10)15(18)19/h3-6,10-11H,2,7-9H2,1H3,(H,18,19). The van der Waals surface area contributed by atoms with Gasteiger partial charge in [0, 0.05) is 13.0 Å². The number of carboxylic acids is 1. The van der Waals surface area contributed by atoms with Gasteiger partial charge in [-0.3, -0.25) is 4.79 Å². The van der Waals surface area contributed by atoms with Crippen molar-refractivity contribution >= 4 is 17.0 Å². The first-order chi connectivity index (χ1) is 9.20. The van der Waals surface area contributed by atoms with Crippen molar-refractivity contribution in [1.29, 1.82) is 0 Å². The van der Waals surface area contributed by atoms with Gasteiger partial charge in [-0.1, -0.05) is 12.1 Å². The van der Waals surface area contributed by atoms with Crippen molar-refractivity contribution in [2.75, 3.05) is 0 Å². The molecule has 0 aliphatic heterocycles. The topological polar surface area (TPSA) is 55.1 Å². The Labute approximate surface area is 112 Å². The fourth-order valence-electron chi connectivity index (χ4n) is 3.01. The second-order valence-electron chi connectivity index (χ2n) is 5.25. The molecule has 0 radical (unpaired) electrons. The van der Waals surface area contributed by atoms with Crippen molar-refractivity contribution in [3.05, 3.63) is 30.1 Å². The zero-order valence-corrected chi connectivity index (χ0v) is 11.0. The number of aliphatic carboxylic acids is 1. The first kappa shape index (κ1) is 12.2. The Hall–Kier alpha value is -1.84. The minimum atomic E-state index is -0.657. The van der Waals surface area contributed by atoms with Crippen LogP contribution in [0.1, 0.15) is 25.6 Å². The number of para-hydroxylation sites is 2. The van der Waals surface area contributed by atoms with Crippen LogP contribution in [0.2, 0.25) is 0 Å². The summed E-state index contributed by atoms with van der Waals surface area (Å²) in [6.07, 6.45) is 2.59.